The van der Waals surface area contributed by atoms with E-state index in [4.69, 9.17) is 0 Å². The molecule has 1 radical (unpaired) electrons. The van der Waals surface area contributed by atoms with Crippen molar-refractivity contribution >= 4 is 12.4 Å². The van der Waals surface area contributed by atoms with Crippen molar-refractivity contribution in [3.8, 4) is 0 Å². The number of nitrogens with zero attached hydrogens (tertiary/aromatic N) is 2. The van der Waals surface area contributed by atoms with Crippen molar-refractivity contribution in [2.75, 3.05) is 11.4 Å². The summed E-state index contributed by atoms with van der Waals surface area (Å²) >= 11 is 0. The van der Waals surface area contributed by atoms with Crippen molar-refractivity contribution in [3.63, 3.8) is 0 Å². The van der Waals surface area contributed by atoms with Crippen LogP contribution in [0.25, 0.3) is 0 Å². The molecule has 0 unspecified atom stereocenters. The standard InChI is InChI=1S/C7H8N3O/c1-2-5-10(6-11)7-8-3-4-9-7/h2-4H,1,5H2,(H,8,9). The van der Waals surface area contributed by atoms with Gasteiger partial charge >= 0.3 is 6.41 Å². The monoisotopic (exact) mass is 150 g/mol. The summed E-state index contributed by atoms with van der Waals surface area (Å²) in [5, 5.41) is 0. The Kier molecular flexibility index (Phi) is 2.43. The Bertz CT molecular complexity index is 230. The van der Waals surface area contributed by atoms with Gasteiger partial charge in [-0.1, -0.05) is 6.08 Å². The summed E-state index contributed by atoms with van der Waals surface area (Å²) in [6, 6.07) is 0. The summed E-state index contributed by atoms with van der Waals surface area (Å²) in [6.07, 6.45) is 6.54. The second-order valence-corrected chi connectivity index (χ2v) is 1.90. The lowest BCUT2D eigenvalue weighted by atomic mass is 10.6. The van der Waals surface area contributed by atoms with Gasteiger partial charge in [-0.2, -0.15) is 0 Å². The zero-order chi connectivity index (χ0) is 8.10. The second kappa shape index (κ2) is 3.55. The van der Waals surface area contributed by atoms with Crippen molar-refractivity contribution in [2.45, 2.75) is 0 Å². The average Bonchev–Trinajstić information content (AvgIpc) is 2.52. The lowest BCUT2D eigenvalue weighted by Crippen LogP contribution is -2.21. The van der Waals surface area contributed by atoms with E-state index in [0.717, 1.165) is 0 Å². The van der Waals surface area contributed by atoms with Gasteiger partial charge in [-0.15, -0.1) is 6.58 Å². The Labute approximate surface area is 64.6 Å². The maximum absolute atomic E-state index is 10.3. The fourth-order valence-electron chi connectivity index (χ4n) is 0.701. The summed E-state index contributed by atoms with van der Waals surface area (Å²) in [7, 11) is 0. The van der Waals surface area contributed by atoms with E-state index < -0.39 is 0 Å². The number of aromatic amines is 1. The predicted octanol–water partition coefficient (Wildman–Crippen LogP) is 0.469. The first kappa shape index (κ1) is 7.53. The van der Waals surface area contributed by atoms with Gasteiger partial charge in [-0.3, -0.25) is 9.69 Å². The van der Waals surface area contributed by atoms with Crippen LogP contribution >= 0.6 is 0 Å². The predicted molar refractivity (Wildman–Crippen MR) is 41.8 cm³/mol. The van der Waals surface area contributed by atoms with Crippen LogP contribution in [0.15, 0.2) is 25.0 Å². The highest BCUT2D eigenvalue weighted by Gasteiger charge is 2.04. The van der Waals surface area contributed by atoms with Crippen molar-refractivity contribution in [2.24, 2.45) is 0 Å². The molecule has 1 heterocycles. The van der Waals surface area contributed by atoms with Gasteiger partial charge in [-0.25, -0.2) is 4.98 Å². The maximum Gasteiger partial charge on any atom is 0.319 e. The summed E-state index contributed by atoms with van der Waals surface area (Å²) in [5.41, 5.74) is 0. The van der Waals surface area contributed by atoms with Crippen LogP contribution in [0.4, 0.5) is 5.95 Å². The van der Waals surface area contributed by atoms with Gasteiger partial charge in [0.05, 0.1) is 0 Å². The Hall–Kier alpha value is -1.58. The molecule has 0 saturated heterocycles. The number of anilines is 1. The number of nitrogens with one attached hydrogen (secondary N) is 1. The van der Waals surface area contributed by atoms with E-state index in [9.17, 15) is 4.79 Å². The molecule has 1 amide bonds. The van der Waals surface area contributed by atoms with E-state index in [0.29, 0.717) is 12.5 Å². The van der Waals surface area contributed by atoms with E-state index >= 15 is 0 Å². The molecule has 4 nitrogen and oxygen atoms in total. The first-order valence-corrected chi connectivity index (χ1v) is 3.14. The fourth-order valence-corrected chi connectivity index (χ4v) is 0.701. The number of hydrogen-bond donors (Lipinski definition) is 1. The first-order valence-electron chi connectivity index (χ1n) is 3.14. The molecular formula is C7H8N3O. The van der Waals surface area contributed by atoms with Crippen LogP contribution in [0.3, 0.4) is 0 Å². The summed E-state index contributed by atoms with van der Waals surface area (Å²) in [6.45, 7) is 3.91. The summed E-state index contributed by atoms with van der Waals surface area (Å²) in [4.78, 5) is 18.2. The zero-order valence-corrected chi connectivity index (χ0v) is 5.95. The van der Waals surface area contributed by atoms with Crippen molar-refractivity contribution in [1.29, 1.82) is 0 Å². The minimum absolute atomic E-state index is 0.414. The topological polar surface area (TPSA) is 49.0 Å². The Morgan fingerprint density at radius 1 is 1.91 bits per heavy atom. The number of carbonyl (C=O) groups excluding carboxylic acids is 1. The molecule has 0 atom stereocenters. The van der Waals surface area contributed by atoms with Crippen LogP contribution in [0.1, 0.15) is 0 Å². The van der Waals surface area contributed by atoms with Gasteiger partial charge in [0.1, 0.15) is 0 Å². The minimum Gasteiger partial charge on any atom is -0.331 e. The zero-order valence-electron chi connectivity index (χ0n) is 5.95. The highest BCUT2D eigenvalue weighted by atomic mass is 16.1. The molecule has 0 aliphatic rings. The molecular weight excluding hydrogens is 142 g/mol. The summed E-state index contributed by atoms with van der Waals surface area (Å²) < 4.78 is 0. The number of amides is 1. The second-order valence-electron chi connectivity index (χ2n) is 1.90. The molecule has 1 N–H and O–H groups in total. The molecule has 0 aromatic carbocycles. The Morgan fingerprint density at radius 2 is 2.73 bits per heavy atom. The smallest absolute Gasteiger partial charge is 0.319 e. The molecule has 0 fully saturated rings. The highest BCUT2D eigenvalue weighted by Crippen LogP contribution is 2.01. The molecule has 1 aromatic heterocycles. The third-order valence-electron chi connectivity index (χ3n) is 1.16. The van der Waals surface area contributed by atoms with Gasteiger partial charge in [0.25, 0.3) is 0 Å². The Balaban J connectivity index is 2.70. The fraction of sp³-hybridized carbons (Fsp3) is 0.143. The number of rotatable bonds is 4. The number of hydrogen-bond acceptors (Lipinski definition) is 2. The molecule has 1 rings (SSSR count). The van der Waals surface area contributed by atoms with Gasteiger partial charge in [-0.05, 0) is 0 Å². The number of H-pyrrole nitrogens is 1. The molecule has 57 valence electrons. The largest absolute Gasteiger partial charge is 0.331 e. The molecule has 0 aliphatic heterocycles. The first-order chi connectivity index (χ1) is 5.38. The van der Waals surface area contributed by atoms with Crippen molar-refractivity contribution < 1.29 is 4.79 Å². The molecule has 0 spiro atoms. The molecule has 1 aromatic rings. The van der Waals surface area contributed by atoms with E-state index in [-0.39, 0.29) is 0 Å². The van der Waals surface area contributed by atoms with Crippen LogP contribution in [-0.4, -0.2) is 22.9 Å². The van der Waals surface area contributed by atoms with Crippen LogP contribution in [0, 0.1) is 0 Å². The molecule has 11 heavy (non-hydrogen) atoms. The number of imidazole rings is 1. The van der Waals surface area contributed by atoms with Crippen molar-refractivity contribution in [3.05, 3.63) is 25.0 Å². The van der Waals surface area contributed by atoms with Gasteiger partial charge in [0.2, 0.25) is 5.95 Å². The van der Waals surface area contributed by atoms with E-state index in [1.54, 1.807) is 24.9 Å². The van der Waals surface area contributed by atoms with E-state index in [1.807, 2.05) is 0 Å². The van der Waals surface area contributed by atoms with E-state index in [1.165, 1.54) is 4.90 Å². The van der Waals surface area contributed by atoms with Gasteiger partial charge in [0, 0.05) is 18.9 Å². The van der Waals surface area contributed by atoms with Gasteiger partial charge in [0.15, 0.2) is 0 Å². The third-order valence-corrected chi connectivity index (χ3v) is 1.16. The minimum atomic E-state index is 0.414. The Morgan fingerprint density at radius 3 is 3.18 bits per heavy atom. The molecule has 0 bridgehead atoms. The number of aromatic nitrogens is 2. The van der Waals surface area contributed by atoms with Crippen LogP contribution in [0.5, 0.6) is 0 Å². The van der Waals surface area contributed by atoms with Crippen LogP contribution in [0.2, 0.25) is 0 Å². The van der Waals surface area contributed by atoms with E-state index in [2.05, 4.69) is 16.5 Å². The molecule has 4 heteroatoms. The third kappa shape index (κ3) is 1.67. The van der Waals surface area contributed by atoms with Crippen LogP contribution in [-0.2, 0) is 4.79 Å². The molecule has 0 aliphatic carbocycles. The average molecular weight is 150 g/mol. The normalized spacial score (nSPS) is 9.09. The summed E-state index contributed by atoms with van der Waals surface area (Å²) in [5.74, 6) is 0.486. The quantitative estimate of drug-likeness (QED) is 0.501. The maximum atomic E-state index is 10.3. The lowest BCUT2D eigenvalue weighted by molar-refractivity contribution is 0.552. The lowest BCUT2D eigenvalue weighted by Gasteiger charge is -2.08. The SMILES string of the molecule is C=CCN([C]=O)c1ncc[nH]1. The van der Waals surface area contributed by atoms with Crippen molar-refractivity contribution in [1.82, 2.24) is 9.97 Å². The molecule has 0 saturated carbocycles. The highest BCUT2D eigenvalue weighted by molar-refractivity contribution is 5.71. The van der Waals surface area contributed by atoms with Crippen LogP contribution < -0.4 is 4.90 Å². The van der Waals surface area contributed by atoms with Gasteiger partial charge < -0.3 is 4.98 Å².